The first-order valence-corrected chi connectivity index (χ1v) is 7.07. The number of rotatable bonds is 5. The van der Waals surface area contributed by atoms with Gasteiger partial charge >= 0.3 is 0 Å². The Balaban J connectivity index is 0.00000200. The molecule has 1 aromatic carbocycles. The summed E-state index contributed by atoms with van der Waals surface area (Å²) in [5, 5.41) is 13.6. The lowest BCUT2D eigenvalue weighted by Gasteiger charge is -2.35. The van der Waals surface area contributed by atoms with Gasteiger partial charge in [0, 0.05) is 37.8 Å². The quantitative estimate of drug-likeness (QED) is 0.810. The molecule has 0 spiro atoms. The smallest absolute Gasteiger partial charge is 0.120 e. The van der Waals surface area contributed by atoms with Crippen molar-refractivity contribution in [2.45, 2.75) is 25.8 Å². The fourth-order valence-electron chi connectivity index (χ4n) is 2.74. The van der Waals surface area contributed by atoms with Crippen LogP contribution in [0.2, 0.25) is 0 Å². The molecule has 2 rings (SSSR count). The molecule has 1 aliphatic rings. The second-order valence-electron chi connectivity index (χ2n) is 5.23. The molecule has 1 heterocycles. The number of nitrogens with zero attached hydrogens (tertiary/aromatic N) is 1. The summed E-state index contributed by atoms with van der Waals surface area (Å²) >= 11 is 0. The van der Waals surface area contributed by atoms with E-state index in [1.807, 2.05) is 19.1 Å². The molecular formula is C16H26Cl2N2O. The first kappa shape index (κ1) is 20.3. The highest BCUT2D eigenvalue weighted by Crippen LogP contribution is 2.33. The molecule has 0 unspecified atom stereocenters. The van der Waals surface area contributed by atoms with Gasteiger partial charge in [-0.3, -0.25) is 4.90 Å². The minimum atomic E-state index is 0. The van der Waals surface area contributed by atoms with Gasteiger partial charge < -0.3 is 10.4 Å². The summed E-state index contributed by atoms with van der Waals surface area (Å²) < 4.78 is 0. The topological polar surface area (TPSA) is 35.5 Å². The summed E-state index contributed by atoms with van der Waals surface area (Å²) in [5.41, 5.74) is 2.15. The maximum absolute atomic E-state index is 10.2. The molecule has 3 nitrogen and oxygen atoms in total. The van der Waals surface area contributed by atoms with E-state index < -0.39 is 0 Å². The van der Waals surface area contributed by atoms with E-state index in [9.17, 15) is 5.11 Å². The fraction of sp³-hybridized carbons (Fsp3) is 0.500. The molecule has 21 heavy (non-hydrogen) atoms. The van der Waals surface area contributed by atoms with E-state index in [0.717, 1.165) is 50.1 Å². The van der Waals surface area contributed by atoms with Crippen molar-refractivity contribution in [2.75, 3.05) is 26.2 Å². The van der Waals surface area contributed by atoms with Crippen LogP contribution in [0.5, 0.6) is 5.75 Å². The lowest BCUT2D eigenvalue weighted by atomic mass is 9.97. The van der Waals surface area contributed by atoms with Crippen LogP contribution in [0.1, 0.15) is 30.0 Å². The van der Waals surface area contributed by atoms with Crippen molar-refractivity contribution < 1.29 is 5.11 Å². The molecule has 2 N–H and O–H groups in total. The van der Waals surface area contributed by atoms with Gasteiger partial charge in [0.1, 0.15) is 5.75 Å². The van der Waals surface area contributed by atoms with E-state index in [0.29, 0.717) is 11.8 Å². The van der Waals surface area contributed by atoms with Crippen molar-refractivity contribution in [1.29, 1.82) is 0 Å². The Labute approximate surface area is 140 Å². The number of hydrogen-bond acceptors (Lipinski definition) is 3. The van der Waals surface area contributed by atoms with E-state index in [4.69, 9.17) is 0 Å². The zero-order valence-electron chi connectivity index (χ0n) is 12.5. The molecule has 120 valence electrons. The van der Waals surface area contributed by atoms with Gasteiger partial charge in [0.25, 0.3) is 0 Å². The van der Waals surface area contributed by atoms with E-state index in [1.165, 1.54) is 0 Å². The summed E-state index contributed by atoms with van der Waals surface area (Å²) in [6.45, 7) is 9.95. The lowest BCUT2D eigenvalue weighted by molar-refractivity contribution is 0.163. The number of piperazine rings is 1. The van der Waals surface area contributed by atoms with Crippen molar-refractivity contribution in [3.63, 3.8) is 0 Å². The molecule has 1 fully saturated rings. The van der Waals surface area contributed by atoms with Crippen molar-refractivity contribution >= 4 is 24.8 Å². The molecule has 0 saturated carbocycles. The standard InChI is InChI=1S/C16H24N2O.2ClH/c1-3-4-5-15(18-10-8-17-9-11-18)14-7-6-13(2)12-16(14)19;;/h3,6-7,12,15,17,19H,1,4-5,8-11H2,2H3;2*1H/t15-;;/m1../s1. The zero-order chi connectivity index (χ0) is 13.7. The van der Waals surface area contributed by atoms with Crippen LogP contribution in [0.4, 0.5) is 0 Å². The third-order valence-electron chi connectivity index (χ3n) is 3.78. The summed E-state index contributed by atoms with van der Waals surface area (Å²) in [6.07, 6.45) is 3.95. The Bertz CT molecular complexity index is 434. The SMILES string of the molecule is C=CCC[C@H](c1ccc(C)cc1O)N1CCNCC1.Cl.Cl. The monoisotopic (exact) mass is 332 g/mol. The number of benzene rings is 1. The average Bonchev–Trinajstić information content (AvgIpc) is 2.42. The molecule has 0 radical (unpaired) electrons. The Morgan fingerprint density at radius 2 is 2.00 bits per heavy atom. The van der Waals surface area contributed by atoms with E-state index in [1.54, 1.807) is 0 Å². The third-order valence-corrected chi connectivity index (χ3v) is 3.78. The van der Waals surface area contributed by atoms with Gasteiger partial charge in [-0.2, -0.15) is 0 Å². The van der Waals surface area contributed by atoms with Crippen LogP contribution in [-0.4, -0.2) is 36.2 Å². The Kier molecular flexibility index (Phi) is 9.71. The van der Waals surface area contributed by atoms with Crippen molar-refractivity contribution in [3.8, 4) is 5.75 Å². The van der Waals surface area contributed by atoms with E-state index in [-0.39, 0.29) is 24.8 Å². The largest absolute Gasteiger partial charge is 0.508 e. The predicted octanol–water partition coefficient (Wildman–Crippen LogP) is 3.46. The molecule has 0 amide bonds. The Morgan fingerprint density at radius 3 is 2.57 bits per heavy atom. The van der Waals surface area contributed by atoms with Crippen LogP contribution in [0.3, 0.4) is 0 Å². The number of phenolic OH excluding ortho intramolecular Hbond substituents is 1. The molecule has 1 saturated heterocycles. The first-order valence-electron chi connectivity index (χ1n) is 7.07. The van der Waals surface area contributed by atoms with Crippen molar-refractivity contribution in [2.24, 2.45) is 0 Å². The molecule has 5 heteroatoms. The summed E-state index contributed by atoms with van der Waals surface area (Å²) in [5.74, 6) is 0.424. The summed E-state index contributed by atoms with van der Waals surface area (Å²) in [4.78, 5) is 2.46. The van der Waals surface area contributed by atoms with Gasteiger partial charge in [-0.1, -0.05) is 18.2 Å². The first-order chi connectivity index (χ1) is 9.22. The van der Waals surface area contributed by atoms with Crippen LogP contribution in [0.25, 0.3) is 0 Å². The second kappa shape index (κ2) is 10.1. The maximum Gasteiger partial charge on any atom is 0.120 e. The maximum atomic E-state index is 10.2. The van der Waals surface area contributed by atoms with Gasteiger partial charge in [-0.05, 0) is 31.4 Å². The van der Waals surface area contributed by atoms with Crippen LogP contribution in [0, 0.1) is 6.92 Å². The minimum absolute atomic E-state index is 0. The highest BCUT2D eigenvalue weighted by atomic mass is 35.5. The van der Waals surface area contributed by atoms with E-state index in [2.05, 4.69) is 28.9 Å². The number of nitrogens with one attached hydrogen (secondary N) is 1. The van der Waals surface area contributed by atoms with Gasteiger partial charge in [0.05, 0.1) is 0 Å². The number of allylic oxidation sites excluding steroid dienone is 1. The average molecular weight is 333 g/mol. The molecule has 1 aromatic rings. The Hall–Kier alpha value is -0.740. The van der Waals surface area contributed by atoms with Crippen molar-refractivity contribution in [3.05, 3.63) is 42.0 Å². The minimum Gasteiger partial charge on any atom is -0.508 e. The van der Waals surface area contributed by atoms with E-state index >= 15 is 0 Å². The normalized spacial score (nSPS) is 16.4. The molecule has 0 aromatic heterocycles. The number of halogens is 2. The third kappa shape index (κ3) is 5.51. The van der Waals surface area contributed by atoms with Gasteiger partial charge in [0.15, 0.2) is 0 Å². The molecule has 1 atom stereocenters. The zero-order valence-corrected chi connectivity index (χ0v) is 14.2. The number of aromatic hydroxyl groups is 1. The van der Waals surface area contributed by atoms with Crippen molar-refractivity contribution in [1.82, 2.24) is 10.2 Å². The summed E-state index contributed by atoms with van der Waals surface area (Å²) in [6, 6.07) is 6.30. The Morgan fingerprint density at radius 1 is 1.33 bits per heavy atom. The summed E-state index contributed by atoms with van der Waals surface area (Å²) in [7, 11) is 0. The predicted molar refractivity (Wildman–Crippen MR) is 94.0 cm³/mol. The highest BCUT2D eigenvalue weighted by Gasteiger charge is 2.23. The lowest BCUT2D eigenvalue weighted by Crippen LogP contribution is -2.45. The van der Waals surface area contributed by atoms with Crippen LogP contribution in [-0.2, 0) is 0 Å². The van der Waals surface area contributed by atoms with Gasteiger partial charge in [-0.15, -0.1) is 31.4 Å². The molecule has 0 bridgehead atoms. The van der Waals surface area contributed by atoms with Crippen LogP contribution < -0.4 is 5.32 Å². The number of hydrogen-bond donors (Lipinski definition) is 2. The molecule has 0 aliphatic carbocycles. The van der Waals surface area contributed by atoms with Crippen LogP contribution in [0.15, 0.2) is 30.9 Å². The van der Waals surface area contributed by atoms with Crippen LogP contribution >= 0.6 is 24.8 Å². The second-order valence-corrected chi connectivity index (χ2v) is 5.23. The number of phenols is 1. The molecule has 1 aliphatic heterocycles. The highest BCUT2D eigenvalue weighted by molar-refractivity contribution is 5.85. The van der Waals surface area contributed by atoms with Gasteiger partial charge in [0.2, 0.25) is 0 Å². The molecular weight excluding hydrogens is 307 g/mol. The number of aryl methyl sites for hydroxylation is 1. The van der Waals surface area contributed by atoms with Gasteiger partial charge in [-0.25, -0.2) is 0 Å². The fourth-order valence-corrected chi connectivity index (χ4v) is 2.74.